The number of methoxy groups -OCH3 is 2. The highest BCUT2D eigenvalue weighted by Crippen LogP contribution is 2.29. The smallest absolute Gasteiger partial charge is 0.238 e. The van der Waals surface area contributed by atoms with Gasteiger partial charge in [0.25, 0.3) is 0 Å². The summed E-state index contributed by atoms with van der Waals surface area (Å²) in [5.41, 5.74) is 0.616. The third-order valence-corrected chi connectivity index (χ3v) is 4.36. The number of piperidine rings is 1. The maximum Gasteiger partial charge on any atom is 0.238 e. The molecular weight excluding hydrogens is 322 g/mol. The van der Waals surface area contributed by atoms with Crippen LogP contribution < -0.4 is 20.1 Å². The van der Waals surface area contributed by atoms with E-state index in [2.05, 4.69) is 15.5 Å². The third kappa shape index (κ3) is 5.35. The number of hydrogen-bond acceptors (Lipinski definition) is 5. The topological polar surface area (TPSA) is 79.9 Å². The lowest BCUT2D eigenvalue weighted by Gasteiger charge is -2.30. The van der Waals surface area contributed by atoms with Crippen LogP contribution in [0, 0.1) is 5.92 Å². The number of carbonyl (C=O) groups is 2. The van der Waals surface area contributed by atoms with Gasteiger partial charge in [-0.1, -0.05) is 0 Å². The molecule has 1 aromatic rings. The van der Waals surface area contributed by atoms with Crippen molar-refractivity contribution in [1.82, 2.24) is 10.2 Å². The first-order chi connectivity index (χ1) is 12.1. The van der Waals surface area contributed by atoms with E-state index in [1.54, 1.807) is 32.4 Å². The number of amides is 2. The lowest BCUT2D eigenvalue weighted by atomic mass is 9.96. The zero-order valence-electron chi connectivity index (χ0n) is 15.1. The number of nitrogens with zero attached hydrogens (tertiary/aromatic N) is 1. The summed E-state index contributed by atoms with van der Waals surface area (Å²) in [4.78, 5) is 26.2. The van der Waals surface area contributed by atoms with Gasteiger partial charge in [0.1, 0.15) is 11.5 Å². The van der Waals surface area contributed by atoms with Crippen LogP contribution in [-0.4, -0.2) is 57.1 Å². The van der Waals surface area contributed by atoms with Crippen LogP contribution in [0.4, 0.5) is 5.69 Å². The molecule has 1 fully saturated rings. The third-order valence-electron chi connectivity index (χ3n) is 4.36. The first-order valence-corrected chi connectivity index (χ1v) is 8.59. The lowest BCUT2D eigenvalue weighted by molar-refractivity contribution is -0.126. The van der Waals surface area contributed by atoms with Crippen LogP contribution >= 0.6 is 0 Å². The standard InChI is InChI=1S/C18H27N3O4/c1-4-19-18(23)13-7-9-21(10-8-13)12-17(22)20-15-6-5-14(24-2)11-16(15)25-3/h5-6,11,13H,4,7-10,12H2,1-3H3,(H,19,23)(H,20,22). The number of nitrogens with one attached hydrogen (secondary N) is 2. The molecule has 1 aromatic carbocycles. The monoisotopic (exact) mass is 349 g/mol. The summed E-state index contributed by atoms with van der Waals surface area (Å²) in [7, 11) is 3.13. The Balaban J connectivity index is 1.84. The Bertz CT molecular complexity index is 598. The van der Waals surface area contributed by atoms with E-state index in [9.17, 15) is 9.59 Å². The first kappa shape index (κ1) is 19.1. The summed E-state index contributed by atoms with van der Waals surface area (Å²) in [6.45, 7) is 4.37. The summed E-state index contributed by atoms with van der Waals surface area (Å²) >= 11 is 0. The number of anilines is 1. The van der Waals surface area contributed by atoms with E-state index in [1.165, 1.54) is 0 Å². The number of benzene rings is 1. The molecule has 138 valence electrons. The molecule has 0 unspecified atom stereocenters. The number of rotatable bonds is 7. The van der Waals surface area contributed by atoms with E-state index >= 15 is 0 Å². The molecule has 0 aliphatic carbocycles. The molecule has 1 saturated heterocycles. The second-order valence-electron chi connectivity index (χ2n) is 6.06. The minimum Gasteiger partial charge on any atom is -0.497 e. The normalized spacial score (nSPS) is 15.5. The Labute approximate surface area is 148 Å². The molecule has 25 heavy (non-hydrogen) atoms. The zero-order chi connectivity index (χ0) is 18.2. The Kier molecular flexibility index (Phi) is 7.06. The van der Waals surface area contributed by atoms with Crippen molar-refractivity contribution in [3.63, 3.8) is 0 Å². The molecule has 2 amide bonds. The minimum atomic E-state index is -0.0973. The van der Waals surface area contributed by atoms with Crippen LogP contribution in [-0.2, 0) is 9.59 Å². The van der Waals surface area contributed by atoms with Crippen molar-refractivity contribution < 1.29 is 19.1 Å². The maximum atomic E-state index is 12.3. The van der Waals surface area contributed by atoms with Gasteiger partial charge in [-0.2, -0.15) is 0 Å². The summed E-state index contributed by atoms with van der Waals surface area (Å²) in [5, 5.41) is 5.74. The average Bonchev–Trinajstić information content (AvgIpc) is 2.62. The summed E-state index contributed by atoms with van der Waals surface area (Å²) < 4.78 is 10.4. The number of carbonyl (C=O) groups excluding carboxylic acids is 2. The summed E-state index contributed by atoms with van der Waals surface area (Å²) in [5.74, 6) is 1.31. The Morgan fingerprint density at radius 1 is 1.20 bits per heavy atom. The van der Waals surface area contributed by atoms with Gasteiger partial charge in [0, 0.05) is 18.5 Å². The zero-order valence-corrected chi connectivity index (χ0v) is 15.1. The van der Waals surface area contributed by atoms with E-state index in [4.69, 9.17) is 9.47 Å². The van der Waals surface area contributed by atoms with E-state index in [0.29, 0.717) is 30.3 Å². The maximum absolute atomic E-state index is 12.3. The van der Waals surface area contributed by atoms with Gasteiger partial charge in [0.15, 0.2) is 0 Å². The van der Waals surface area contributed by atoms with Crippen LogP contribution in [0.5, 0.6) is 11.5 Å². The molecule has 0 saturated carbocycles. The summed E-state index contributed by atoms with van der Waals surface area (Å²) in [6.07, 6.45) is 1.57. The van der Waals surface area contributed by atoms with Crippen LogP contribution in [0.3, 0.4) is 0 Å². The van der Waals surface area contributed by atoms with Crippen molar-refractivity contribution in [3.05, 3.63) is 18.2 Å². The number of hydrogen-bond donors (Lipinski definition) is 2. The van der Waals surface area contributed by atoms with E-state index < -0.39 is 0 Å². The molecule has 7 heteroatoms. The molecular formula is C18H27N3O4. The minimum absolute atomic E-state index is 0.0564. The molecule has 2 rings (SSSR count). The fourth-order valence-corrected chi connectivity index (χ4v) is 2.97. The molecule has 7 nitrogen and oxygen atoms in total. The second-order valence-corrected chi connectivity index (χ2v) is 6.06. The van der Waals surface area contributed by atoms with Crippen molar-refractivity contribution in [3.8, 4) is 11.5 Å². The Morgan fingerprint density at radius 3 is 2.52 bits per heavy atom. The van der Waals surface area contributed by atoms with Crippen LogP contribution in [0.15, 0.2) is 18.2 Å². The molecule has 0 radical (unpaired) electrons. The van der Waals surface area contributed by atoms with Gasteiger partial charge in [0.2, 0.25) is 11.8 Å². The second kappa shape index (κ2) is 9.27. The molecule has 1 aliphatic rings. The molecule has 0 atom stereocenters. The highest BCUT2D eigenvalue weighted by molar-refractivity contribution is 5.93. The number of likely N-dealkylation sites (tertiary alicyclic amines) is 1. The Hall–Kier alpha value is -2.28. The van der Waals surface area contributed by atoms with Crippen molar-refractivity contribution in [2.24, 2.45) is 5.92 Å². The first-order valence-electron chi connectivity index (χ1n) is 8.59. The average molecular weight is 349 g/mol. The number of ether oxygens (including phenoxy) is 2. The van der Waals surface area contributed by atoms with Crippen LogP contribution in [0.25, 0.3) is 0 Å². The van der Waals surface area contributed by atoms with Crippen molar-refractivity contribution in [1.29, 1.82) is 0 Å². The van der Waals surface area contributed by atoms with Gasteiger partial charge < -0.3 is 20.1 Å². The highest BCUT2D eigenvalue weighted by Gasteiger charge is 2.25. The molecule has 1 heterocycles. The van der Waals surface area contributed by atoms with Gasteiger partial charge in [-0.3, -0.25) is 14.5 Å². The van der Waals surface area contributed by atoms with Crippen molar-refractivity contribution in [2.75, 3.05) is 45.7 Å². The largest absolute Gasteiger partial charge is 0.497 e. The Morgan fingerprint density at radius 2 is 1.92 bits per heavy atom. The van der Waals surface area contributed by atoms with Gasteiger partial charge >= 0.3 is 0 Å². The molecule has 0 bridgehead atoms. The van der Waals surface area contributed by atoms with Crippen LogP contribution in [0.1, 0.15) is 19.8 Å². The highest BCUT2D eigenvalue weighted by atomic mass is 16.5. The van der Waals surface area contributed by atoms with Gasteiger partial charge in [-0.05, 0) is 45.0 Å². The van der Waals surface area contributed by atoms with Gasteiger partial charge in [0.05, 0.1) is 26.5 Å². The fraction of sp³-hybridized carbons (Fsp3) is 0.556. The van der Waals surface area contributed by atoms with E-state index in [1.807, 2.05) is 6.92 Å². The molecule has 0 spiro atoms. The van der Waals surface area contributed by atoms with Gasteiger partial charge in [-0.15, -0.1) is 0 Å². The van der Waals surface area contributed by atoms with Crippen molar-refractivity contribution in [2.45, 2.75) is 19.8 Å². The predicted molar refractivity (Wildman–Crippen MR) is 96.0 cm³/mol. The molecule has 0 aromatic heterocycles. The fourth-order valence-electron chi connectivity index (χ4n) is 2.97. The SMILES string of the molecule is CCNC(=O)C1CCN(CC(=O)Nc2ccc(OC)cc2OC)CC1. The van der Waals surface area contributed by atoms with Crippen molar-refractivity contribution >= 4 is 17.5 Å². The molecule has 2 N–H and O–H groups in total. The predicted octanol–water partition coefficient (Wildman–Crippen LogP) is 1.49. The van der Waals surface area contributed by atoms with Gasteiger partial charge in [-0.25, -0.2) is 0 Å². The lowest BCUT2D eigenvalue weighted by Crippen LogP contribution is -2.43. The van der Waals surface area contributed by atoms with Crippen LogP contribution in [0.2, 0.25) is 0 Å². The van der Waals surface area contributed by atoms with E-state index in [-0.39, 0.29) is 17.7 Å². The molecule has 1 aliphatic heterocycles. The van der Waals surface area contributed by atoms with E-state index in [0.717, 1.165) is 25.9 Å². The quantitative estimate of drug-likeness (QED) is 0.780. The summed E-state index contributed by atoms with van der Waals surface area (Å²) in [6, 6.07) is 5.26.